The fourth-order valence-electron chi connectivity index (χ4n) is 15.9. The van der Waals surface area contributed by atoms with E-state index in [0.29, 0.717) is 45.9 Å². The molecule has 0 unspecified atom stereocenters. The van der Waals surface area contributed by atoms with Crippen molar-refractivity contribution in [3.63, 3.8) is 0 Å². The molecule has 4 aliphatic carbocycles. The van der Waals surface area contributed by atoms with Crippen molar-refractivity contribution in [1.82, 2.24) is 0 Å². The van der Waals surface area contributed by atoms with Gasteiger partial charge in [0.1, 0.15) is 46.5 Å². The molecule has 0 nitrogen and oxygen atoms in total. The van der Waals surface area contributed by atoms with Crippen molar-refractivity contribution >= 4 is 0 Å². The van der Waals surface area contributed by atoms with Gasteiger partial charge in [-0.15, -0.1) is 0 Å². The molecule has 0 N–H and O–H groups in total. The smallest absolute Gasteiger partial charge is 0.129 e. The largest absolute Gasteiger partial charge is 0.207 e. The predicted molar refractivity (Wildman–Crippen MR) is 394 cm³/mol. The Morgan fingerprint density at radius 3 is 0.663 bits per heavy atom. The van der Waals surface area contributed by atoms with E-state index in [1.165, 1.54) is 265 Å². The first kappa shape index (κ1) is 75.4. The summed E-state index contributed by atoms with van der Waals surface area (Å²) >= 11 is 0. The van der Waals surface area contributed by atoms with Gasteiger partial charge in [0.25, 0.3) is 0 Å². The van der Waals surface area contributed by atoms with Crippen LogP contribution in [-0.4, -0.2) is 0 Å². The summed E-state index contributed by atoms with van der Waals surface area (Å²) < 4.78 is 110. The molecule has 8 heteroatoms. The lowest BCUT2D eigenvalue weighted by molar-refractivity contribution is 0.303. The highest BCUT2D eigenvalue weighted by Gasteiger charge is 2.26. The van der Waals surface area contributed by atoms with Crippen LogP contribution < -0.4 is 0 Å². The van der Waals surface area contributed by atoms with Crippen LogP contribution in [0.4, 0.5) is 35.1 Å². The molecule has 0 aliphatic heterocycles. The van der Waals surface area contributed by atoms with Crippen LogP contribution in [0.15, 0.2) is 146 Å². The fraction of sp³-hybridized carbons (Fsp3) is 0.467. The van der Waals surface area contributed by atoms with Crippen LogP contribution in [-0.2, 0) is 0 Å². The average Bonchev–Trinajstić information content (AvgIpc) is 0.844. The lowest BCUT2D eigenvalue weighted by Gasteiger charge is -2.29. The van der Waals surface area contributed by atoms with Crippen LogP contribution in [0.1, 0.15) is 263 Å². The van der Waals surface area contributed by atoms with Gasteiger partial charge in [0.05, 0.1) is 0 Å². The highest BCUT2D eigenvalue weighted by atomic mass is 19.2. The molecule has 0 amide bonds. The number of hydrogen-bond donors (Lipinski definition) is 0. The van der Waals surface area contributed by atoms with Crippen LogP contribution in [0.3, 0.4) is 0 Å². The minimum absolute atomic E-state index is 0.0815. The molecule has 0 radical (unpaired) electrons. The van der Waals surface area contributed by atoms with E-state index in [1.54, 1.807) is 0 Å². The number of unbranched alkanes of at least 4 members (excludes halogenated alkanes) is 3. The molecule has 0 saturated heterocycles. The summed E-state index contributed by atoms with van der Waals surface area (Å²) in [4.78, 5) is 0. The quantitative estimate of drug-likeness (QED) is 0.0593. The molecule has 8 aromatic carbocycles. The third-order valence-corrected chi connectivity index (χ3v) is 22.8. The Balaban J connectivity index is 0.000000153. The molecule has 98 heavy (non-hydrogen) atoms. The average molecular weight is 1340 g/mol. The summed E-state index contributed by atoms with van der Waals surface area (Å²) in [5.74, 6) is 2.31. The van der Waals surface area contributed by atoms with Gasteiger partial charge < -0.3 is 0 Å². The van der Waals surface area contributed by atoms with Gasteiger partial charge in [0.15, 0.2) is 0 Å². The third kappa shape index (κ3) is 20.7. The van der Waals surface area contributed by atoms with E-state index in [1.807, 2.05) is 48.5 Å². The first-order valence-corrected chi connectivity index (χ1v) is 37.6. The van der Waals surface area contributed by atoms with Crippen molar-refractivity contribution in [1.29, 1.82) is 0 Å². The van der Waals surface area contributed by atoms with Crippen molar-refractivity contribution in [2.45, 2.75) is 246 Å². The molecule has 0 heterocycles. The number of halogens is 8. The molecule has 0 aromatic heterocycles. The van der Waals surface area contributed by atoms with E-state index in [0.717, 1.165) is 45.9 Å². The second-order valence-corrected chi connectivity index (χ2v) is 29.5. The van der Waals surface area contributed by atoms with Crippen molar-refractivity contribution in [3.8, 4) is 44.5 Å². The van der Waals surface area contributed by atoms with Gasteiger partial charge in [0.2, 0.25) is 0 Å². The Labute approximate surface area is 582 Å². The standard InChI is InChI=1S/C24H30F2.C23H28F2.C22H26F2.C21H24F2/c1-3-4-5-6-18-7-9-19(10-8-18)20-11-13-21(14-12-20)22-15-23(25)17(2)24(26)16-22;1-3-4-5-17-6-8-18(9-7-17)19-10-12-20(13-11-19)21-14-22(24)16(2)23(25)15-21;1-3-4-16-5-7-17(8-6-16)18-9-11-19(12-10-18)20-13-21(23)15(2)22(24)14-20;1-3-15-4-6-16(7-5-15)17-8-10-18(11-9-17)19-12-20(22)14(2)21(23)13-19/h11-16,18-19H,3-10H2,1-2H3;10-15,17-18H,3-9H2,1-2H3;9-14,16-17H,3-8H2,1-2H3;8-13,15-16H,3-7H2,1-2H3. The minimum atomic E-state index is -0.484. The first-order valence-electron chi connectivity index (χ1n) is 37.6. The SMILES string of the molecule is CCC1CCC(c2ccc(-c3cc(F)c(C)c(F)c3)cc2)CC1.CCCC1CCC(c2ccc(-c3cc(F)c(C)c(F)c3)cc2)CC1.CCCCC1CCC(c2ccc(-c3cc(F)c(C)c(F)c3)cc2)CC1.CCCCCC1CCC(c2ccc(-c3cc(F)c(C)c(F)c3)cc2)CC1. The van der Waals surface area contributed by atoms with E-state index in [-0.39, 0.29) is 22.3 Å². The Kier molecular flexibility index (Phi) is 28.5. The molecule has 4 aliphatic rings. The Morgan fingerprint density at radius 2 is 0.449 bits per heavy atom. The molecule has 4 saturated carbocycles. The van der Waals surface area contributed by atoms with Crippen molar-refractivity contribution in [2.75, 3.05) is 0 Å². The molecular weight excluding hydrogens is 1230 g/mol. The zero-order chi connectivity index (χ0) is 69.8. The maximum Gasteiger partial charge on any atom is 0.129 e. The monoisotopic (exact) mass is 1340 g/mol. The van der Waals surface area contributed by atoms with E-state index in [2.05, 4.69) is 76.2 Å². The molecule has 0 bridgehead atoms. The molecule has 524 valence electrons. The summed E-state index contributed by atoms with van der Waals surface area (Å²) in [6, 6.07) is 44.5. The number of hydrogen-bond acceptors (Lipinski definition) is 0. The van der Waals surface area contributed by atoms with Crippen LogP contribution in [0, 0.1) is 97.9 Å². The molecule has 8 aromatic rings. The maximum atomic E-state index is 13.8. The van der Waals surface area contributed by atoms with E-state index in [9.17, 15) is 35.1 Å². The van der Waals surface area contributed by atoms with E-state index >= 15 is 0 Å². The van der Waals surface area contributed by atoms with Gasteiger partial charge in [-0.25, -0.2) is 35.1 Å². The van der Waals surface area contributed by atoms with Crippen LogP contribution in [0.25, 0.3) is 44.5 Å². The first-order chi connectivity index (χ1) is 47.3. The topological polar surface area (TPSA) is 0 Å². The van der Waals surface area contributed by atoms with Gasteiger partial charge >= 0.3 is 0 Å². The normalized spacial score (nSPS) is 20.8. The Bertz CT molecular complexity index is 3650. The molecular formula is C90H108F8. The lowest BCUT2D eigenvalue weighted by atomic mass is 9.77. The van der Waals surface area contributed by atoms with Gasteiger partial charge in [-0.3, -0.25) is 0 Å². The molecule has 4 fully saturated rings. The fourth-order valence-corrected chi connectivity index (χ4v) is 15.9. The second-order valence-electron chi connectivity index (χ2n) is 29.5. The predicted octanol–water partition coefficient (Wildman–Crippen LogP) is 28.8. The summed E-state index contributed by atoms with van der Waals surface area (Å²) in [7, 11) is 0. The van der Waals surface area contributed by atoms with E-state index in [4.69, 9.17) is 0 Å². The van der Waals surface area contributed by atoms with Crippen LogP contribution in [0.2, 0.25) is 0 Å². The van der Waals surface area contributed by atoms with Crippen molar-refractivity contribution in [2.24, 2.45) is 23.7 Å². The maximum absolute atomic E-state index is 13.8. The minimum Gasteiger partial charge on any atom is -0.207 e. The van der Waals surface area contributed by atoms with Crippen LogP contribution >= 0.6 is 0 Å². The Morgan fingerprint density at radius 1 is 0.235 bits per heavy atom. The Hall–Kier alpha value is -6.80. The van der Waals surface area contributed by atoms with Gasteiger partial charge in [-0.2, -0.15) is 0 Å². The summed E-state index contributed by atoms with van der Waals surface area (Å²) in [6.07, 6.45) is 34.1. The zero-order valence-electron chi connectivity index (χ0n) is 59.9. The summed E-state index contributed by atoms with van der Waals surface area (Å²) in [6.45, 7) is 14.9. The molecule has 0 atom stereocenters. The van der Waals surface area contributed by atoms with Gasteiger partial charge in [0, 0.05) is 22.3 Å². The molecule has 12 rings (SSSR count). The van der Waals surface area contributed by atoms with Gasteiger partial charge in [-0.1, -0.05) is 189 Å². The molecule has 0 spiro atoms. The third-order valence-electron chi connectivity index (χ3n) is 22.8. The summed E-state index contributed by atoms with van der Waals surface area (Å²) in [5.41, 5.74) is 11.7. The summed E-state index contributed by atoms with van der Waals surface area (Å²) in [5, 5.41) is 0. The van der Waals surface area contributed by atoms with Gasteiger partial charge in [-0.05, 0) is 293 Å². The van der Waals surface area contributed by atoms with Crippen molar-refractivity contribution in [3.05, 3.63) is 237 Å². The lowest BCUT2D eigenvalue weighted by Crippen LogP contribution is -2.13. The zero-order valence-corrected chi connectivity index (χ0v) is 59.9. The highest BCUT2D eigenvalue weighted by molar-refractivity contribution is 5.67. The van der Waals surface area contributed by atoms with E-state index < -0.39 is 46.5 Å². The van der Waals surface area contributed by atoms with Crippen molar-refractivity contribution < 1.29 is 35.1 Å². The number of benzene rings is 8. The number of rotatable bonds is 18. The van der Waals surface area contributed by atoms with Crippen LogP contribution in [0.5, 0.6) is 0 Å². The highest BCUT2D eigenvalue weighted by Crippen LogP contribution is 2.43. The second kappa shape index (κ2) is 37.0.